The molecule has 2 aromatic rings. The number of likely N-dealkylation sites (N-methyl/N-ethyl adjacent to an activating group) is 1. The molecule has 1 N–H and O–H groups in total. The number of thiazole rings is 1. The van der Waals surface area contributed by atoms with Crippen LogP contribution in [0, 0.1) is 6.92 Å². The van der Waals surface area contributed by atoms with Gasteiger partial charge in [0.05, 0.1) is 10.7 Å². The van der Waals surface area contributed by atoms with Crippen molar-refractivity contribution < 1.29 is 19.1 Å². The van der Waals surface area contributed by atoms with Crippen molar-refractivity contribution in [1.82, 2.24) is 10.3 Å². The molecule has 0 aliphatic rings. The number of ether oxygens (including phenoxy) is 2. The topological polar surface area (TPSA) is 77.5 Å². The largest absolute Gasteiger partial charge is 0.486 e. The van der Waals surface area contributed by atoms with Crippen molar-refractivity contribution in [2.45, 2.75) is 33.5 Å². The third kappa shape index (κ3) is 4.79. The Morgan fingerprint density at radius 3 is 2.75 bits per heavy atom. The van der Waals surface area contributed by atoms with Gasteiger partial charge >= 0.3 is 5.97 Å². The molecule has 0 aliphatic carbocycles. The zero-order chi connectivity index (χ0) is 17.5. The minimum absolute atomic E-state index is 0.264. The van der Waals surface area contributed by atoms with Crippen molar-refractivity contribution >= 4 is 23.2 Å². The van der Waals surface area contributed by atoms with Gasteiger partial charge in [-0.15, -0.1) is 11.3 Å². The van der Waals surface area contributed by atoms with Crippen LogP contribution in [0.25, 0.3) is 0 Å². The lowest BCUT2D eigenvalue weighted by atomic mass is 10.2. The van der Waals surface area contributed by atoms with Crippen molar-refractivity contribution in [1.29, 1.82) is 0 Å². The van der Waals surface area contributed by atoms with Gasteiger partial charge in [0.1, 0.15) is 17.9 Å². The molecule has 0 fully saturated rings. The number of carbonyl (C=O) groups is 2. The summed E-state index contributed by atoms with van der Waals surface area (Å²) in [5.41, 5.74) is 1.08. The zero-order valence-electron chi connectivity index (χ0n) is 13.9. The second-order valence-corrected chi connectivity index (χ2v) is 6.15. The van der Waals surface area contributed by atoms with Crippen LogP contribution < -0.4 is 10.1 Å². The average Bonchev–Trinajstić information content (AvgIpc) is 2.98. The van der Waals surface area contributed by atoms with Crippen LogP contribution in [0.1, 0.15) is 34.9 Å². The van der Waals surface area contributed by atoms with E-state index in [1.807, 2.05) is 12.3 Å². The van der Waals surface area contributed by atoms with Gasteiger partial charge < -0.3 is 14.8 Å². The highest BCUT2D eigenvalue weighted by Crippen LogP contribution is 2.21. The van der Waals surface area contributed by atoms with Crippen LogP contribution in [0.2, 0.25) is 0 Å². The molecular weight excluding hydrogens is 328 g/mol. The summed E-state index contributed by atoms with van der Waals surface area (Å²) in [7, 11) is 0. The molecule has 0 bridgehead atoms. The van der Waals surface area contributed by atoms with Crippen molar-refractivity contribution in [2.24, 2.45) is 0 Å². The van der Waals surface area contributed by atoms with E-state index in [-0.39, 0.29) is 18.1 Å². The third-order valence-electron chi connectivity index (χ3n) is 3.15. The van der Waals surface area contributed by atoms with Crippen LogP contribution in [0.4, 0.5) is 0 Å². The van der Waals surface area contributed by atoms with Gasteiger partial charge in [0.2, 0.25) is 0 Å². The Morgan fingerprint density at radius 2 is 2.08 bits per heavy atom. The van der Waals surface area contributed by atoms with E-state index in [0.29, 0.717) is 12.3 Å². The predicted octanol–water partition coefficient (Wildman–Crippen LogP) is 2.71. The maximum Gasteiger partial charge on any atom is 0.342 e. The fraction of sp³-hybridized carbons (Fsp3) is 0.353. The second kappa shape index (κ2) is 8.44. The summed E-state index contributed by atoms with van der Waals surface area (Å²) in [6, 6.07) is 6.78. The van der Waals surface area contributed by atoms with E-state index in [2.05, 4.69) is 10.3 Å². The SMILES string of the molecule is CCNC(=O)[C@@H](C)OC(=O)c1ccccc1OCc1csc(C)n1. The summed E-state index contributed by atoms with van der Waals surface area (Å²) < 4.78 is 10.9. The molecule has 0 saturated carbocycles. The highest BCUT2D eigenvalue weighted by atomic mass is 32.1. The average molecular weight is 348 g/mol. The quantitative estimate of drug-likeness (QED) is 0.779. The Bertz CT molecular complexity index is 714. The highest BCUT2D eigenvalue weighted by Gasteiger charge is 2.20. The molecule has 0 spiro atoms. The minimum Gasteiger partial charge on any atom is -0.486 e. The molecule has 128 valence electrons. The Morgan fingerprint density at radius 1 is 1.33 bits per heavy atom. The van der Waals surface area contributed by atoms with Gasteiger partial charge in [-0.25, -0.2) is 9.78 Å². The first-order valence-electron chi connectivity index (χ1n) is 7.62. The Balaban J connectivity index is 2.04. The summed E-state index contributed by atoms with van der Waals surface area (Å²) >= 11 is 1.54. The Hall–Kier alpha value is -2.41. The number of nitrogens with zero attached hydrogens (tertiary/aromatic N) is 1. The van der Waals surface area contributed by atoms with Crippen molar-refractivity contribution in [3.8, 4) is 5.75 Å². The molecule has 0 radical (unpaired) electrons. The van der Waals surface area contributed by atoms with Crippen LogP contribution in [-0.4, -0.2) is 29.5 Å². The number of hydrogen-bond donors (Lipinski definition) is 1. The molecule has 1 heterocycles. The summed E-state index contributed by atoms with van der Waals surface area (Å²) in [6.07, 6.45) is -0.869. The number of aromatic nitrogens is 1. The monoisotopic (exact) mass is 348 g/mol. The lowest BCUT2D eigenvalue weighted by molar-refractivity contribution is -0.128. The summed E-state index contributed by atoms with van der Waals surface area (Å²) in [4.78, 5) is 28.3. The van der Waals surface area contributed by atoms with Gasteiger partial charge in [-0.3, -0.25) is 4.79 Å². The number of aryl methyl sites for hydroxylation is 1. The molecule has 2 rings (SSSR count). The van der Waals surface area contributed by atoms with E-state index >= 15 is 0 Å². The number of esters is 1. The summed E-state index contributed by atoms with van der Waals surface area (Å²) in [5.74, 6) is -0.530. The third-order valence-corrected chi connectivity index (χ3v) is 3.98. The molecule has 0 saturated heterocycles. The van der Waals surface area contributed by atoms with Gasteiger partial charge in [0.15, 0.2) is 6.10 Å². The zero-order valence-corrected chi connectivity index (χ0v) is 14.7. The van der Waals surface area contributed by atoms with Crippen LogP contribution in [0.3, 0.4) is 0 Å². The van der Waals surface area contributed by atoms with Crippen molar-refractivity contribution in [3.63, 3.8) is 0 Å². The summed E-state index contributed by atoms with van der Waals surface area (Å²) in [6.45, 7) is 6.00. The Kier molecular flexibility index (Phi) is 6.31. The number of hydrogen-bond acceptors (Lipinski definition) is 6. The number of benzene rings is 1. The fourth-order valence-corrected chi connectivity index (χ4v) is 2.58. The van der Waals surface area contributed by atoms with E-state index in [1.165, 1.54) is 18.3 Å². The molecule has 0 aliphatic heterocycles. The number of nitrogens with one attached hydrogen (secondary N) is 1. The van der Waals surface area contributed by atoms with Crippen molar-refractivity contribution in [2.75, 3.05) is 6.54 Å². The van der Waals surface area contributed by atoms with Gasteiger partial charge in [-0.2, -0.15) is 0 Å². The first-order valence-corrected chi connectivity index (χ1v) is 8.50. The maximum atomic E-state index is 12.3. The number of carbonyl (C=O) groups excluding carboxylic acids is 2. The molecule has 1 aromatic carbocycles. The van der Waals surface area contributed by atoms with Gasteiger partial charge in [-0.1, -0.05) is 12.1 Å². The second-order valence-electron chi connectivity index (χ2n) is 5.08. The maximum absolute atomic E-state index is 12.3. The van der Waals surface area contributed by atoms with Crippen LogP contribution >= 0.6 is 11.3 Å². The van der Waals surface area contributed by atoms with Gasteiger partial charge in [0.25, 0.3) is 5.91 Å². The molecule has 6 nitrogen and oxygen atoms in total. The minimum atomic E-state index is -0.869. The summed E-state index contributed by atoms with van der Waals surface area (Å²) in [5, 5.41) is 5.48. The smallest absolute Gasteiger partial charge is 0.342 e. The van der Waals surface area contributed by atoms with Crippen LogP contribution in [0.15, 0.2) is 29.6 Å². The molecule has 1 aromatic heterocycles. The fourth-order valence-electron chi connectivity index (χ4n) is 1.98. The number of rotatable bonds is 7. The van der Waals surface area contributed by atoms with E-state index in [0.717, 1.165) is 10.7 Å². The van der Waals surface area contributed by atoms with E-state index in [1.54, 1.807) is 31.2 Å². The normalized spacial score (nSPS) is 11.6. The molecule has 7 heteroatoms. The number of para-hydroxylation sites is 1. The predicted molar refractivity (Wildman–Crippen MR) is 91.2 cm³/mol. The van der Waals surface area contributed by atoms with Crippen molar-refractivity contribution in [3.05, 3.63) is 45.9 Å². The van der Waals surface area contributed by atoms with Gasteiger partial charge in [-0.05, 0) is 32.9 Å². The van der Waals surface area contributed by atoms with Crippen LogP contribution in [0.5, 0.6) is 5.75 Å². The molecule has 1 amide bonds. The first-order chi connectivity index (χ1) is 11.5. The Labute approximate surface area is 144 Å². The van der Waals surface area contributed by atoms with Gasteiger partial charge in [0, 0.05) is 11.9 Å². The van der Waals surface area contributed by atoms with E-state index in [4.69, 9.17) is 9.47 Å². The molecule has 0 unspecified atom stereocenters. The lowest BCUT2D eigenvalue weighted by Gasteiger charge is -2.14. The molecule has 1 atom stereocenters. The number of amides is 1. The highest BCUT2D eigenvalue weighted by molar-refractivity contribution is 7.09. The van der Waals surface area contributed by atoms with E-state index < -0.39 is 12.1 Å². The van der Waals surface area contributed by atoms with Crippen LogP contribution in [-0.2, 0) is 16.1 Å². The molecule has 24 heavy (non-hydrogen) atoms. The standard InChI is InChI=1S/C17H20N2O4S/c1-4-18-16(20)11(2)23-17(21)14-7-5-6-8-15(14)22-9-13-10-24-12(3)19-13/h5-8,10-11H,4,9H2,1-3H3,(H,18,20)/t11-/m1/s1. The first kappa shape index (κ1) is 17.9. The van der Waals surface area contributed by atoms with E-state index in [9.17, 15) is 9.59 Å². The molecular formula is C17H20N2O4S. The lowest BCUT2D eigenvalue weighted by Crippen LogP contribution is -2.35.